The highest BCUT2D eigenvalue weighted by Gasteiger charge is 2.29. The maximum atomic E-state index is 11.4. The number of hydrogen-bond acceptors (Lipinski definition) is 5. The van der Waals surface area contributed by atoms with E-state index in [2.05, 4.69) is 15.2 Å². The maximum absolute atomic E-state index is 11.4. The van der Waals surface area contributed by atoms with Crippen molar-refractivity contribution < 1.29 is 9.59 Å². The third-order valence-electron chi connectivity index (χ3n) is 4.06. The van der Waals surface area contributed by atoms with Gasteiger partial charge in [0.15, 0.2) is 6.29 Å². The Morgan fingerprint density at radius 2 is 2.29 bits per heavy atom. The van der Waals surface area contributed by atoms with Crippen molar-refractivity contribution in [1.29, 1.82) is 0 Å². The minimum Gasteiger partial charge on any atom is -0.354 e. The number of halogens is 1. The summed E-state index contributed by atoms with van der Waals surface area (Å²) in [5.41, 5.74) is 2.06. The van der Waals surface area contributed by atoms with Crippen molar-refractivity contribution in [2.75, 3.05) is 6.54 Å². The molecule has 6 heteroatoms. The van der Waals surface area contributed by atoms with Gasteiger partial charge in [0.25, 0.3) is 0 Å². The molecule has 3 rings (SSSR count). The summed E-state index contributed by atoms with van der Waals surface area (Å²) in [6.07, 6.45) is 3.79. The molecule has 1 fully saturated rings. The van der Waals surface area contributed by atoms with Crippen LogP contribution in [0.15, 0.2) is 23.2 Å². The van der Waals surface area contributed by atoms with Crippen LogP contribution in [0.3, 0.4) is 0 Å². The summed E-state index contributed by atoms with van der Waals surface area (Å²) in [5, 5.41) is 3.83. The Kier molecular flexibility index (Phi) is 4.03. The summed E-state index contributed by atoms with van der Waals surface area (Å²) < 4.78 is 0. The van der Waals surface area contributed by atoms with Gasteiger partial charge >= 0.3 is 0 Å². The van der Waals surface area contributed by atoms with E-state index in [4.69, 9.17) is 11.6 Å². The highest BCUT2D eigenvalue weighted by molar-refractivity contribution is 6.30. The topological polar surface area (TPSA) is 61.8 Å². The summed E-state index contributed by atoms with van der Waals surface area (Å²) >= 11 is 5.96. The molecule has 0 amide bonds. The molecule has 1 aromatic carbocycles. The molecular formula is C15H16ClN3O2. The van der Waals surface area contributed by atoms with E-state index in [0.29, 0.717) is 24.3 Å². The largest absolute Gasteiger partial charge is 0.354 e. The number of aliphatic imine (C=N–C) groups is 1. The number of nitrogens with zero attached hydrogens (tertiary/aromatic N) is 2. The zero-order valence-corrected chi connectivity index (χ0v) is 12.2. The molecule has 5 nitrogen and oxygen atoms in total. The quantitative estimate of drug-likeness (QED) is 0.682. The van der Waals surface area contributed by atoms with Crippen molar-refractivity contribution >= 4 is 35.7 Å². The van der Waals surface area contributed by atoms with Gasteiger partial charge in [-0.15, -0.1) is 0 Å². The molecule has 2 atom stereocenters. The van der Waals surface area contributed by atoms with Crippen molar-refractivity contribution in [2.45, 2.75) is 31.5 Å². The van der Waals surface area contributed by atoms with Crippen LogP contribution in [0.25, 0.3) is 0 Å². The third-order valence-corrected chi connectivity index (χ3v) is 4.30. The third kappa shape index (κ3) is 2.99. The number of fused-ring (bicyclic) bond motifs is 1. The van der Waals surface area contributed by atoms with Gasteiger partial charge in [-0.1, -0.05) is 17.7 Å². The van der Waals surface area contributed by atoms with Gasteiger partial charge in [0, 0.05) is 24.2 Å². The average Bonchev–Trinajstić information content (AvgIpc) is 2.53. The number of rotatable bonds is 3. The Morgan fingerprint density at radius 1 is 1.43 bits per heavy atom. The Balaban J connectivity index is 1.64. The van der Waals surface area contributed by atoms with E-state index in [1.807, 2.05) is 24.5 Å². The lowest BCUT2D eigenvalue weighted by molar-refractivity contribution is -0.131. The van der Waals surface area contributed by atoms with Gasteiger partial charge < -0.3 is 10.2 Å². The first kappa shape index (κ1) is 14.2. The number of piperidine rings is 1. The number of nitrogens with one attached hydrogen (secondary N) is 1. The van der Waals surface area contributed by atoms with E-state index in [9.17, 15) is 9.59 Å². The van der Waals surface area contributed by atoms with Crippen molar-refractivity contribution in [2.24, 2.45) is 4.99 Å². The number of aldehydes is 1. The molecule has 0 radical (unpaired) electrons. The Morgan fingerprint density at radius 3 is 3.00 bits per heavy atom. The van der Waals surface area contributed by atoms with E-state index in [1.165, 1.54) is 0 Å². The van der Waals surface area contributed by atoms with Gasteiger partial charge in [0.2, 0.25) is 5.78 Å². The number of carbonyl (C=O) groups excluding carboxylic acids is 2. The van der Waals surface area contributed by atoms with Crippen molar-refractivity contribution in [1.82, 2.24) is 10.2 Å². The van der Waals surface area contributed by atoms with Gasteiger partial charge in [-0.3, -0.25) is 9.59 Å². The molecule has 0 bridgehead atoms. The Bertz CT molecular complexity index is 595. The molecule has 2 aliphatic heterocycles. The van der Waals surface area contributed by atoms with Crippen LogP contribution in [0.4, 0.5) is 5.69 Å². The summed E-state index contributed by atoms with van der Waals surface area (Å²) in [5.74, 6) is -0.360. The highest BCUT2D eigenvalue weighted by Crippen LogP contribution is 2.29. The first-order valence-electron chi connectivity index (χ1n) is 6.98. The lowest BCUT2D eigenvalue weighted by Gasteiger charge is -2.37. The Labute approximate surface area is 128 Å². The predicted molar refractivity (Wildman–Crippen MR) is 81.0 cm³/mol. The minimum absolute atomic E-state index is 0.285. The van der Waals surface area contributed by atoms with Crippen LogP contribution in [0.2, 0.25) is 5.02 Å². The number of Topliss-reactive ketones (excluding diaryl/α,β-unsaturated/α-hetero) is 1. The van der Waals surface area contributed by atoms with Crippen LogP contribution in [-0.2, 0) is 16.1 Å². The standard InChI is InChI=1S/C15H16ClN3O2/c16-11-2-1-10-7-19(9-18-14(10)5-11)12-3-4-13(17-6-12)15(21)8-20/h1-2,5,8-9,12-13,17H,3-4,6-7H2. The van der Waals surface area contributed by atoms with Gasteiger partial charge in [-0.2, -0.15) is 0 Å². The number of benzene rings is 1. The predicted octanol–water partition coefficient (Wildman–Crippen LogP) is 1.70. The molecule has 1 saturated heterocycles. The summed E-state index contributed by atoms with van der Waals surface area (Å²) in [4.78, 5) is 28.5. The average molecular weight is 306 g/mol. The van der Waals surface area contributed by atoms with E-state index < -0.39 is 0 Å². The first-order valence-corrected chi connectivity index (χ1v) is 7.36. The van der Waals surface area contributed by atoms with Gasteiger partial charge in [0.05, 0.1) is 18.1 Å². The number of hydrogen-bond donors (Lipinski definition) is 1. The minimum atomic E-state index is -0.360. The van der Waals surface area contributed by atoms with E-state index in [-0.39, 0.29) is 17.9 Å². The van der Waals surface area contributed by atoms with Crippen LogP contribution in [-0.4, -0.2) is 41.9 Å². The van der Waals surface area contributed by atoms with Crippen molar-refractivity contribution in [3.63, 3.8) is 0 Å². The lowest BCUT2D eigenvalue weighted by atomic mass is 9.96. The molecule has 2 aliphatic rings. The fourth-order valence-electron chi connectivity index (χ4n) is 2.84. The summed E-state index contributed by atoms with van der Waals surface area (Å²) in [6.45, 7) is 1.47. The monoisotopic (exact) mass is 305 g/mol. The van der Waals surface area contributed by atoms with Gasteiger partial charge in [0.1, 0.15) is 0 Å². The second-order valence-electron chi connectivity index (χ2n) is 5.40. The van der Waals surface area contributed by atoms with E-state index >= 15 is 0 Å². The molecular weight excluding hydrogens is 290 g/mol. The van der Waals surface area contributed by atoms with Crippen LogP contribution >= 0.6 is 11.6 Å². The van der Waals surface area contributed by atoms with Crippen molar-refractivity contribution in [3.05, 3.63) is 28.8 Å². The number of carbonyl (C=O) groups is 2. The van der Waals surface area contributed by atoms with Crippen LogP contribution in [0, 0.1) is 0 Å². The molecule has 0 aliphatic carbocycles. The summed E-state index contributed by atoms with van der Waals surface area (Å²) in [7, 11) is 0. The molecule has 0 saturated carbocycles. The molecule has 21 heavy (non-hydrogen) atoms. The first-order chi connectivity index (χ1) is 10.2. The summed E-state index contributed by atoms with van der Waals surface area (Å²) in [6, 6.07) is 5.69. The molecule has 1 aromatic rings. The fraction of sp³-hybridized carbons (Fsp3) is 0.400. The molecule has 0 aromatic heterocycles. The Hall–Kier alpha value is -1.72. The van der Waals surface area contributed by atoms with Crippen LogP contribution in [0.5, 0.6) is 0 Å². The molecule has 0 spiro atoms. The second-order valence-corrected chi connectivity index (χ2v) is 5.84. The molecule has 2 unspecified atom stereocenters. The van der Waals surface area contributed by atoms with E-state index in [0.717, 1.165) is 24.2 Å². The van der Waals surface area contributed by atoms with Crippen LogP contribution < -0.4 is 5.32 Å². The molecule has 1 N–H and O–H groups in total. The maximum Gasteiger partial charge on any atom is 0.212 e. The normalized spacial score (nSPS) is 24.5. The van der Waals surface area contributed by atoms with Crippen LogP contribution in [0.1, 0.15) is 18.4 Å². The van der Waals surface area contributed by atoms with E-state index in [1.54, 1.807) is 0 Å². The van der Waals surface area contributed by atoms with Gasteiger partial charge in [-0.05, 0) is 30.5 Å². The second kappa shape index (κ2) is 5.95. The highest BCUT2D eigenvalue weighted by atomic mass is 35.5. The van der Waals surface area contributed by atoms with Gasteiger partial charge in [-0.25, -0.2) is 4.99 Å². The lowest BCUT2D eigenvalue weighted by Crippen LogP contribution is -2.52. The zero-order valence-electron chi connectivity index (χ0n) is 11.5. The molecule has 2 heterocycles. The fourth-order valence-corrected chi connectivity index (χ4v) is 3.00. The zero-order chi connectivity index (χ0) is 14.8. The number of ketones is 1. The SMILES string of the molecule is O=CC(=O)C1CCC(N2C=Nc3cc(Cl)ccc3C2)CN1. The van der Waals surface area contributed by atoms with Crippen molar-refractivity contribution in [3.8, 4) is 0 Å². The molecule has 110 valence electrons. The smallest absolute Gasteiger partial charge is 0.212 e.